The van der Waals surface area contributed by atoms with Gasteiger partial charge in [0, 0.05) is 31.8 Å². The molecular weight excluding hydrogens is 330 g/mol. The minimum absolute atomic E-state index is 0.0255. The molecule has 0 fully saturated rings. The SMILES string of the molecule is CC(NC(=O)CCn1cc(-c2cn(C)nc2CN)nn1)c1ccccc1. The van der Waals surface area contributed by atoms with Gasteiger partial charge in [-0.1, -0.05) is 35.5 Å². The third-order valence-corrected chi connectivity index (χ3v) is 4.16. The van der Waals surface area contributed by atoms with Crippen molar-refractivity contribution >= 4 is 5.91 Å². The third kappa shape index (κ3) is 4.15. The lowest BCUT2D eigenvalue weighted by Gasteiger charge is -2.14. The maximum Gasteiger partial charge on any atom is 0.222 e. The van der Waals surface area contributed by atoms with Gasteiger partial charge < -0.3 is 11.1 Å². The first-order chi connectivity index (χ1) is 12.6. The third-order valence-electron chi connectivity index (χ3n) is 4.16. The Morgan fingerprint density at radius 1 is 1.27 bits per heavy atom. The van der Waals surface area contributed by atoms with Crippen LogP contribution >= 0.6 is 0 Å². The van der Waals surface area contributed by atoms with Gasteiger partial charge in [-0.15, -0.1) is 5.10 Å². The summed E-state index contributed by atoms with van der Waals surface area (Å²) in [5.74, 6) is -0.0255. The Morgan fingerprint density at radius 2 is 2.04 bits per heavy atom. The standard InChI is InChI=1S/C18H23N7O/c1-13(14-6-4-3-5-7-14)20-18(26)8-9-25-12-17(21-23-25)15-11-24(2)22-16(15)10-19/h3-7,11-13H,8-10,19H2,1-2H3,(H,20,26). The fourth-order valence-corrected chi connectivity index (χ4v) is 2.79. The van der Waals surface area contributed by atoms with Crippen molar-refractivity contribution < 1.29 is 4.79 Å². The van der Waals surface area contributed by atoms with E-state index in [0.717, 1.165) is 16.8 Å². The number of amides is 1. The van der Waals surface area contributed by atoms with Gasteiger partial charge >= 0.3 is 0 Å². The number of benzene rings is 1. The summed E-state index contributed by atoms with van der Waals surface area (Å²) in [5, 5.41) is 15.6. The van der Waals surface area contributed by atoms with Crippen LogP contribution in [0.15, 0.2) is 42.7 Å². The molecule has 0 radical (unpaired) electrons. The Labute approximate surface area is 152 Å². The molecule has 0 saturated carbocycles. The van der Waals surface area contributed by atoms with Gasteiger partial charge in [0.25, 0.3) is 0 Å². The normalized spacial score (nSPS) is 12.1. The molecule has 1 unspecified atom stereocenters. The summed E-state index contributed by atoms with van der Waals surface area (Å²) in [6.07, 6.45) is 4.01. The van der Waals surface area contributed by atoms with Crippen molar-refractivity contribution in [3.63, 3.8) is 0 Å². The van der Waals surface area contributed by atoms with Crippen molar-refractivity contribution in [3.8, 4) is 11.3 Å². The fourth-order valence-electron chi connectivity index (χ4n) is 2.79. The zero-order valence-corrected chi connectivity index (χ0v) is 15.0. The molecule has 8 nitrogen and oxygen atoms in total. The lowest BCUT2D eigenvalue weighted by molar-refractivity contribution is -0.122. The highest BCUT2D eigenvalue weighted by molar-refractivity contribution is 5.76. The van der Waals surface area contributed by atoms with Gasteiger partial charge in [-0.3, -0.25) is 14.2 Å². The van der Waals surface area contributed by atoms with Crippen LogP contribution in [0.5, 0.6) is 0 Å². The maximum absolute atomic E-state index is 12.2. The largest absolute Gasteiger partial charge is 0.350 e. The van der Waals surface area contributed by atoms with E-state index in [0.29, 0.717) is 25.2 Å². The first kappa shape index (κ1) is 17.8. The van der Waals surface area contributed by atoms with E-state index in [2.05, 4.69) is 20.7 Å². The lowest BCUT2D eigenvalue weighted by atomic mass is 10.1. The lowest BCUT2D eigenvalue weighted by Crippen LogP contribution is -2.27. The van der Waals surface area contributed by atoms with Crippen LogP contribution in [0.2, 0.25) is 0 Å². The number of hydrogen-bond acceptors (Lipinski definition) is 5. The van der Waals surface area contributed by atoms with Gasteiger partial charge in [0.1, 0.15) is 5.69 Å². The number of carbonyl (C=O) groups is 1. The quantitative estimate of drug-likeness (QED) is 0.668. The van der Waals surface area contributed by atoms with Crippen molar-refractivity contribution in [1.82, 2.24) is 30.1 Å². The number of aryl methyl sites for hydroxylation is 2. The molecular formula is C18H23N7O. The Hall–Kier alpha value is -3.00. The topological polar surface area (TPSA) is 104 Å². The van der Waals surface area contributed by atoms with Crippen LogP contribution in [0.3, 0.4) is 0 Å². The number of nitrogens with one attached hydrogen (secondary N) is 1. The van der Waals surface area contributed by atoms with Crippen molar-refractivity contribution in [2.24, 2.45) is 12.8 Å². The first-order valence-corrected chi connectivity index (χ1v) is 8.54. The Balaban J connectivity index is 1.57. The molecule has 0 aliphatic carbocycles. The molecule has 0 bridgehead atoms. The van der Waals surface area contributed by atoms with Crippen LogP contribution in [0.1, 0.15) is 30.6 Å². The van der Waals surface area contributed by atoms with E-state index in [4.69, 9.17) is 5.73 Å². The second-order valence-electron chi connectivity index (χ2n) is 6.18. The second kappa shape index (κ2) is 7.92. The highest BCUT2D eigenvalue weighted by Gasteiger charge is 2.13. The van der Waals surface area contributed by atoms with E-state index in [-0.39, 0.29) is 11.9 Å². The minimum atomic E-state index is -0.0301. The molecule has 0 spiro atoms. The van der Waals surface area contributed by atoms with Crippen molar-refractivity contribution in [2.45, 2.75) is 32.5 Å². The molecule has 0 aliphatic heterocycles. The van der Waals surface area contributed by atoms with Gasteiger partial charge in [-0.2, -0.15) is 5.10 Å². The van der Waals surface area contributed by atoms with E-state index in [1.54, 1.807) is 9.36 Å². The van der Waals surface area contributed by atoms with E-state index >= 15 is 0 Å². The van der Waals surface area contributed by atoms with Crippen molar-refractivity contribution in [3.05, 3.63) is 54.0 Å². The summed E-state index contributed by atoms with van der Waals surface area (Å²) in [6, 6.07) is 9.84. The van der Waals surface area contributed by atoms with Gasteiger partial charge in [-0.25, -0.2) is 0 Å². The summed E-state index contributed by atoms with van der Waals surface area (Å²) >= 11 is 0. The molecule has 0 aliphatic rings. The average Bonchev–Trinajstić information content (AvgIpc) is 3.26. The number of nitrogens with zero attached hydrogens (tertiary/aromatic N) is 5. The van der Waals surface area contributed by atoms with Crippen LogP contribution in [0.25, 0.3) is 11.3 Å². The Kier molecular flexibility index (Phi) is 5.43. The number of rotatable bonds is 7. The molecule has 1 amide bonds. The predicted molar refractivity (Wildman–Crippen MR) is 97.7 cm³/mol. The predicted octanol–water partition coefficient (Wildman–Crippen LogP) is 1.40. The van der Waals surface area contributed by atoms with E-state index < -0.39 is 0 Å². The summed E-state index contributed by atoms with van der Waals surface area (Å²) in [5.41, 5.74) is 9.14. The Morgan fingerprint density at radius 3 is 2.77 bits per heavy atom. The average molecular weight is 353 g/mol. The molecule has 8 heteroatoms. The van der Waals surface area contributed by atoms with Crippen molar-refractivity contribution in [1.29, 1.82) is 0 Å². The summed E-state index contributed by atoms with van der Waals surface area (Å²) in [4.78, 5) is 12.2. The number of carbonyl (C=O) groups excluding carboxylic acids is 1. The number of hydrogen-bond donors (Lipinski definition) is 2. The van der Waals surface area contributed by atoms with Crippen LogP contribution in [-0.2, 0) is 24.9 Å². The smallest absolute Gasteiger partial charge is 0.222 e. The Bertz CT molecular complexity index is 869. The highest BCUT2D eigenvalue weighted by Crippen LogP contribution is 2.19. The molecule has 1 aromatic carbocycles. The molecule has 136 valence electrons. The second-order valence-corrected chi connectivity index (χ2v) is 6.18. The zero-order valence-electron chi connectivity index (χ0n) is 15.0. The van der Waals surface area contributed by atoms with Crippen LogP contribution < -0.4 is 11.1 Å². The van der Waals surface area contributed by atoms with Gasteiger partial charge in [-0.05, 0) is 12.5 Å². The molecule has 3 aromatic rings. The van der Waals surface area contributed by atoms with Crippen LogP contribution in [0.4, 0.5) is 0 Å². The van der Waals surface area contributed by atoms with E-state index in [1.807, 2.05) is 56.7 Å². The monoisotopic (exact) mass is 353 g/mol. The maximum atomic E-state index is 12.2. The number of nitrogens with two attached hydrogens (primary N) is 1. The van der Waals surface area contributed by atoms with Gasteiger partial charge in [0.2, 0.25) is 5.91 Å². The van der Waals surface area contributed by atoms with Gasteiger partial charge in [0.05, 0.1) is 24.5 Å². The van der Waals surface area contributed by atoms with E-state index in [1.165, 1.54) is 0 Å². The van der Waals surface area contributed by atoms with E-state index in [9.17, 15) is 4.79 Å². The molecule has 2 heterocycles. The number of aromatic nitrogens is 5. The zero-order chi connectivity index (χ0) is 18.5. The van der Waals surface area contributed by atoms with Crippen LogP contribution in [-0.4, -0.2) is 30.7 Å². The molecule has 3 N–H and O–H groups in total. The summed E-state index contributed by atoms with van der Waals surface area (Å²) in [6.45, 7) is 2.76. The minimum Gasteiger partial charge on any atom is -0.350 e. The molecule has 1 atom stereocenters. The fraction of sp³-hybridized carbons (Fsp3) is 0.333. The van der Waals surface area contributed by atoms with Crippen molar-refractivity contribution in [2.75, 3.05) is 0 Å². The van der Waals surface area contributed by atoms with Gasteiger partial charge in [0.15, 0.2) is 0 Å². The molecule has 26 heavy (non-hydrogen) atoms. The summed E-state index contributed by atoms with van der Waals surface area (Å²) < 4.78 is 3.37. The summed E-state index contributed by atoms with van der Waals surface area (Å²) in [7, 11) is 1.84. The first-order valence-electron chi connectivity index (χ1n) is 8.54. The molecule has 3 rings (SSSR count). The molecule has 2 aromatic heterocycles. The highest BCUT2D eigenvalue weighted by atomic mass is 16.1. The van der Waals surface area contributed by atoms with Crippen LogP contribution in [0, 0.1) is 0 Å². The molecule has 0 saturated heterocycles.